The Morgan fingerprint density at radius 1 is 1.09 bits per heavy atom. The first kappa shape index (κ1) is 22.0. The summed E-state index contributed by atoms with van der Waals surface area (Å²) in [5, 5.41) is 10.1. The topological polar surface area (TPSA) is 70.7 Å². The second kappa shape index (κ2) is 9.97. The fourth-order valence-corrected chi connectivity index (χ4v) is 4.83. The van der Waals surface area contributed by atoms with E-state index in [-0.39, 0.29) is 17.9 Å². The van der Waals surface area contributed by atoms with Gasteiger partial charge in [0, 0.05) is 17.3 Å². The van der Waals surface area contributed by atoms with E-state index < -0.39 is 0 Å². The third-order valence-electron chi connectivity index (χ3n) is 5.87. The molecule has 1 fully saturated rings. The molecule has 2 atom stereocenters. The van der Waals surface area contributed by atoms with E-state index in [1.165, 1.54) is 5.56 Å². The number of thiophene rings is 1. The van der Waals surface area contributed by atoms with Crippen molar-refractivity contribution >= 4 is 34.5 Å². The van der Waals surface area contributed by atoms with Crippen LogP contribution in [0.4, 0.5) is 11.4 Å². The molecule has 2 unspecified atom stereocenters. The van der Waals surface area contributed by atoms with E-state index in [1.54, 1.807) is 54.8 Å². The maximum Gasteiger partial charge on any atom is 0.255 e. The minimum atomic E-state index is -0.240. The van der Waals surface area contributed by atoms with Crippen LogP contribution in [0, 0.1) is 0 Å². The Hall–Kier alpha value is -3.16. The Morgan fingerprint density at radius 2 is 1.88 bits per heavy atom. The lowest BCUT2D eigenvalue weighted by Gasteiger charge is -2.29. The minimum Gasteiger partial charge on any atom is -0.495 e. The summed E-state index contributed by atoms with van der Waals surface area (Å²) in [5.74, 6) is 0.316. The molecule has 1 aliphatic heterocycles. The van der Waals surface area contributed by atoms with Crippen molar-refractivity contribution in [3.05, 3.63) is 76.5 Å². The normalized spacial score (nSPS) is 17.0. The number of nitrogens with zero attached hydrogens (tertiary/aromatic N) is 1. The summed E-state index contributed by atoms with van der Waals surface area (Å²) < 4.78 is 5.27. The van der Waals surface area contributed by atoms with Crippen LogP contribution in [0.5, 0.6) is 5.75 Å². The van der Waals surface area contributed by atoms with Gasteiger partial charge in [0.05, 0.1) is 18.8 Å². The number of hydrogen-bond donors (Lipinski definition) is 2. The van der Waals surface area contributed by atoms with E-state index in [2.05, 4.69) is 32.4 Å². The Labute approximate surface area is 192 Å². The molecule has 2 heterocycles. The Kier molecular flexibility index (Phi) is 6.87. The average molecular weight is 450 g/mol. The van der Waals surface area contributed by atoms with Crippen LogP contribution in [0.15, 0.2) is 65.4 Å². The molecule has 2 amide bonds. The highest BCUT2D eigenvalue weighted by Gasteiger charge is 2.33. The van der Waals surface area contributed by atoms with Crippen LogP contribution in [0.1, 0.15) is 41.7 Å². The molecule has 1 aliphatic rings. The summed E-state index contributed by atoms with van der Waals surface area (Å²) in [7, 11) is 1.56. The minimum absolute atomic E-state index is 0.0432. The summed E-state index contributed by atoms with van der Waals surface area (Å²) in [5.41, 5.74) is 3.07. The first-order chi connectivity index (χ1) is 15.6. The summed E-state index contributed by atoms with van der Waals surface area (Å²) in [6.07, 6.45) is 2.17. The molecule has 6 nitrogen and oxygen atoms in total. The number of methoxy groups -OCH3 is 1. The quantitative estimate of drug-likeness (QED) is 0.522. The molecule has 2 N–H and O–H groups in total. The van der Waals surface area contributed by atoms with Crippen LogP contribution in [0.2, 0.25) is 0 Å². The molecule has 7 heteroatoms. The van der Waals surface area contributed by atoms with E-state index in [9.17, 15) is 9.59 Å². The number of para-hydroxylation sites is 2. The van der Waals surface area contributed by atoms with Crippen LogP contribution in [-0.4, -0.2) is 36.4 Å². The maximum atomic E-state index is 12.9. The standard InChI is InChI=1S/C25H27N3O3S/c1-17(28-14-5-7-22(28)19-13-15-32-16-19)24(29)26-20-11-9-18(10-12-20)25(30)27-21-6-3-4-8-23(21)31-2/h3-4,6,8-13,15-17,22H,5,7,14H2,1-2H3,(H,26,29)(H,27,30). The highest BCUT2D eigenvalue weighted by molar-refractivity contribution is 7.08. The summed E-state index contributed by atoms with van der Waals surface area (Å²) >= 11 is 1.69. The van der Waals surface area contributed by atoms with Gasteiger partial charge in [0.2, 0.25) is 5.91 Å². The van der Waals surface area contributed by atoms with E-state index in [1.807, 2.05) is 19.1 Å². The number of likely N-dealkylation sites (tertiary alicyclic amines) is 1. The van der Waals surface area contributed by atoms with Crippen molar-refractivity contribution in [1.29, 1.82) is 0 Å². The number of carbonyl (C=O) groups excluding carboxylic acids is 2. The molecule has 4 rings (SSSR count). The monoisotopic (exact) mass is 449 g/mol. The summed E-state index contributed by atoms with van der Waals surface area (Å²) in [6.45, 7) is 2.87. The first-order valence-electron chi connectivity index (χ1n) is 10.7. The zero-order valence-electron chi connectivity index (χ0n) is 18.2. The molecule has 0 saturated carbocycles. The van der Waals surface area contributed by atoms with Crippen LogP contribution < -0.4 is 15.4 Å². The number of hydrogen-bond acceptors (Lipinski definition) is 5. The number of amides is 2. The van der Waals surface area contributed by atoms with Gasteiger partial charge in [-0.1, -0.05) is 12.1 Å². The molecular formula is C25H27N3O3S. The zero-order chi connectivity index (χ0) is 22.5. The average Bonchev–Trinajstić information content (AvgIpc) is 3.51. The lowest BCUT2D eigenvalue weighted by molar-refractivity contribution is -0.121. The molecule has 32 heavy (non-hydrogen) atoms. The number of ether oxygens (including phenoxy) is 1. The van der Waals surface area contributed by atoms with E-state index in [4.69, 9.17) is 4.74 Å². The van der Waals surface area contributed by atoms with Crippen LogP contribution in [0.3, 0.4) is 0 Å². The molecule has 1 saturated heterocycles. The van der Waals surface area contributed by atoms with Crippen molar-refractivity contribution in [1.82, 2.24) is 4.90 Å². The summed E-state index contributed by atoms with van der Waals surface area (Å²) in [6, 6.07) is 16.4. The van der Waals surface area contributed by atoms with Gasteiger partial charge in [0.15, 0.2) is 0 Å². The van der Waals surface area contributed by atoms with Gasteiger partial charge in [-0.2, -0.15) is 11.3 Å². The first-order valence-corrected chi connectivity index (χ1v) is 11.6. The van der Waals surface area contributed by atoms with Gasteiger partial charge < -0.3 is 15.4 Å². The highest BCUT2D eigenvalue weighted by Crippen LogP contribution is 2.34. The molecule has 2 aromatic carbocycles. The van der Waals surface area contributed by atoms with Gasteiger partial charge in [-0.3, -0.25) is 14.5 Å². The van der Waals surface area contributed by atoms with E-state index in [0.717, 1.165) is 19.4 Å². The fraction of sp³-hybridized carbons (Fsp3) is 0.280. The Bertz CT molecular complexity index is 1070. The number of nitrogens with one attached hydrogen (secondary N) is 2. The van der Waals surface area contributed by atoms with Gasteiger partial charge >= 0.3 is 0 Å². The number of carbonyl (C=O) groups is 2. The SMILES string of the molecule is COc1ccccc1NC(=O)c1ccc(NC(=O)C(C)N2CCCC2c2ccsc2)cc1. The number of anilines is 2. The van der Waals surface area contributed by atoms with Crippen molar-refractivity contribution in [2.75, 3.05) is 24.3 Å². The Morgan fingerprint density at radius 3 is 2.59 bits per heavy atom. The van der Waals surface area contributed by atoms with Crippen molar-refractivity contribution in [2.45, 2.75) is 31.8 Å². The van der Waals surface area contributed by atoms with Gasteiger partial charge in [-0.25, -0.2) is 0 Å². The van der Waals surface area contributed by atoms with E-state index >= 15 is 0 Å². The van der Waals surface area contributed by atoms with Gasteiger partial charge in [-0.05, 0) is 85.1 Å². The molecule has 0 spiro atoms. The maximum absolute atomic E-state index is 12.9. The molecule has 0 bridgehead atoms. The number of rotatable bonds is 7. The lowest BCUT2D eigenvalue weighted by atomic mass is 10.1. The van der Waals surface area contributed by atoms with Crippen molar-refractivity contribution in [3.8, 4) is 5.75 Å². The second-order valence-electron chi connectivity index (χ2n) is 7.85. The smallest absolute Gasteiger partial charge is 0.255 e. The van der Waals surface area contributed by atoms with Crippen molar-refractivity contribution < 1.29 is 14.3 Å². The molecule has 3 aromatic rings. The fourth-order valence-electron chi connectivity index (χ4n) is 4.12. The predicted molar refractivity (Wildman–Crippen MR) is 128 cm³/mol. The second-order valence-corrected chi connectivity index (χ2v) is 8.63. The Balaban J connectivity index is 1.38. The molecule has 0 radical (unpaired) electrons. The van der Waals surface area contributed by atoms with Gasteiger partial charge in [0.1, 0.15) is 5.75 Å². The highest BCUT2D eigenvalue weighted by atomic mass is 32.1. The molecular weight excluding hydrogens is 422 g/mol. The van der Waals surface area contributed by atoms with E-state index in [0.29, 0.717) is 28.7 Å². The number of benzene rings is 2. The predicted octanol–water partition coefficient (Wildman–Crippen LogP) is 5.17. The molecule has 0 aliphatic carbocycles. The lowest BCUT2D eigenvalue weighted by Crippen LogP contribution is -2.41. The van der Waals surface area contributed by atoms with Crippen molar-refractivity contribution in [2.24, 2.45) is 0 Å². The largest absolute Gasteiger partial charge is 0.495 e. The van der Waals surface area contributed by atoms with Crippen LogP contribution >= 0.6 is 11.3 Å². The van der Waals surface area contributed by atoms with Crippen LogP contribution in [-0.2, 0) is 4.79 Å². The summed E-state index contributed by atoms with van der Waals surface area (Å²) in [4.78, 5) is 27.8. The van der Waals surface area contributed by atoms with Crippen LogP contribution in [0.25, 0.3) is 0 Å². The third-order valence-corrected chi connectivity index (χ3v) is 6.57. The van der Waals surface area contributed by atoms with Gasteiger partial charge in [-0.15, -0.1) is 0 Å². The van der Waals surface area contributed by atoms with Gasteiger partial charge in [0.25, 0.3) is 5.91 Å². The zero-order valence-corrected chi connectivity index (χ0v) is 19.0. The van der Waals surface area contributed by atoms with Crippen molar-refractivity contribution in [3.63, 3.8) is 0 Å². The molecule has 166 valence electrons. The molecule has 1 aromatic heterocycles. The third kappa shape index (κ3) is 4.84.